The quantitative estimate of drug-likeness (QED) is 0.362. The molecule has 2 aromatic carbocycles. The van der Waals surface area contributed by atoms with Crippen LogP contribution in [0.1, 0.15) is 26.3 Å². The van der Waals surface area contributed by atoms with Crippen LogP contribution in [0.2, 0.25) is 19.6 Å². The Morgan fingerprint density at radius 1 is 0.964 bits per heavy atom. The van der Waals surface area contributed by atoms with Crippen LogP contribution >= 0.6 is 0 Å². The van der Waals surface area contributed by atoms with E-state index < -0.39 is 8.07 Å². The smallest absolute Gasteiger partial charge is 0.144 e. The van der Waals surface area contributed by atoms with Crippen LogP contribution < -0.4 is 5.19 Å². The van der Waals surface area contributed by atoms with E-state index in [0.717, 1.165) is 28.8 Å². The number of rotatable bonds is 3. The highest BCUT2D eigenvalue weighted by molar-refractivity contribution is 6.90. The van der Waals surface area contributed by atoms with Crippen molar-refractivity contribution in [3.63, 3.8) is 0 Å². The number of pyridine rings is 1. The van der Waals surface area contributed by atoms with E-state index in [-0.39, 0.29) is 5.41 Å². The fourth-order valence-electron chi connectivity index (χ4n) is 4.00. The molecule has 4 aromatic rings. The SMILES string of the molecule is CC(C)(C)Cc1ccnc(-c2ccc([Si](C)(C)C)c3c2oc2ccccc23)c1. The first-order valence-electron chi connectivity index (χ1n) is 10.0. The maximum atomic E-state index is 6.40. The van der Waals surface area contributed by atoms with E-state index in [0.29, 0.717) is 0 Å². The largest absolute Gasteiger partial charge is 0.455 e. The van der Waals surface area contributed by atoms with E-state index in [1.165, 1.54) is 21.5 Å². The predicted octanol–water partition coefficient (Wildman–Crippen LogP) is 6.78. The third kappa shape index (κ3) is 3.51. The molecule has 0 unspecified atom stereocenters. The molecule has 28 heavy (non-hydrogen) atoms. The van der Waals surface area contributed by atoms with Crippen molar-refractivity contribution in [1.82, 2.24) is 4.98 Å². The van der Waals surface area contributed by atoms with Crippen molar-refractivity contribution in [1.29, 1.82) is 0 Å². The van der Waals surface area contributed by atoms with Gasteiger partial charge in [-0.15, -0.1) is 0 Å². The standard InChI is InChI=1S/C25H29NOSi/c1-25(2,3)16-17-13-14-26-20(15-17)18-11-12-22(28(4,5)6)23-19-9-7-8-10-21(19)27-24(18)23/h7-15H,16H2,1-6H3. The fraction of sp³-hybridized carbons (Fsp3) is 0.320. The van der Waals surface area contributed by atoms with Gasteiger partial charge in [-0.3, -0.25) is 4.98 Å². The predicted molar refractivity (Wildman–Crippen MR) is 123 cm³/mol. The third-order valence-electron chi connectivity index (χ3n) is 5.17. The summed E-state index contributed by atoms with van der Waals surface area (Å²) >= 11 is 0. The van der Waals surface area contributed by atoms with Gasteiger partial charge < -0.3 is 4.42 Å². The number of nitrogens with zero attached hydrogens (tertiary/aromatic N) is 1. The van der Waals surface area contributed by atoms with Gasteiger partial charge in [-0.2, -0.15) is 0 Å². The van der Waals surface area contributed by atoms with Crippen molar-refractivity contribution in [2.24, 2.45) is 5.41 Å². The average Bonchev–Trinajstić information content (AvgIpc) is 2.98. The Kier molecular flexibility index (Phi) is 4.46. The van der Waals surface area contributed by atoms with E-state index in [4.69, 9.17) is 9.40 Å². The highest BCUT2D eigenvalue weighted by Crippen LogP contribution is 2.35. The van der Waals surface area contributed by atoms with Crippen LogP contribution in [-0.4, -0.2) is 13.1 Å². The van der Waals surface area contributed by atoms with Gasteiger partial charge in [0.2, 0.25) is 0 Å². The monoisotopic (exact) mass is 387 g/mol. The van der Waals surface area contributed by atoms with Gasteiger partial charge in [0.05, 0.1) is 13.8 Å². The highest BCUT2D eigenvalue weighted by atomic mass is 28.3. The van der Waals surface area contributed by atoms with E-state index in [9.17, 15) is 0 Å². The summed E-state index contributed by atoms with van der Waals surface area (Å²) in [6, 6.07) is 17.3. The Morgan fingerprint density at radius 2 is 1.71 bits per heavy atom. The Labute approximate surface area is 168 Å². The van der Waals surface area contributed by atoms with Crippen LogP contribution in [0, 0.1) is 5.41 Å². The van der Waals surface area contributed by atoms with Gasteiger partial charge in [0.15, 0.2) is 0 Å². The van der Waals surface area contributed by atoms with Crippen molar-refractivity contribution in [3.8, 4) is 11.3 Å². The zero-order valence-electron chi connectivity index (χ0n) is 17.8. The summed E-state index contributed by atoms with van der Waals surface area (Å²) in [4.78, 5) is 4.70. The van der Waals surface area contributed by atoms with Crippen LogP contribution in [-0.2, 0) is 6.42 Å². The van der Waals surface area contributed by atoms with E-state index in [1.807, 2.05) is 12.3 Å². The average molecular weight is 388 g/mol. The fourth-order valence-corrected chi connectivity index (χ4v) is 5.58. The molecule has 0 aliphatic heterocycles. The second kappa shape index (κ2) is 6.59. The van der Waals surface area contributed by atoms with Gasteiger partial charge in [0, 0.05) is 22.5 Å². The second-order valence-corrected chi connectivity index (χ2v) is 15.0. The molecule has 2 aromatic heterocycles. The van der Waals surface area contributed by atoms with Crippen molar-refractivity contribution < 1.29 is 4.42 Å². The molecule has 3 heteroatoms. The molecule has 144 valence electrons. The van der Waals surface area contributed by atoms with Crippen molar-refractivity contribution in [2.75, 3.05) is 0 Å². The molecule has 0 aliphatic carbocycles. The lowest BCUT2D eigenvalue weighted by Crippen LogP contribution is -2.37. The molecular formula is C25H29NOSi. The molecular weight excluding hydrogens is 358 g/mol. The summed E-state index contributed by atoms with van der Waals surface area (Å²) in [6.07, 6.45) is 2.95. The number of para-hydroxylation sites is 1. The lowest BCUT2D eigenvalue weighted by atomic mass is 9.88. The second-order valence-electron chi connectivity index (χ2n) is 10.00. The molecule has 0 fully saturated rings. The number of aromatic nitrogens is 1. The Bertz CT molecular complexity index is 1160. The number of furan rings is 1. The van der Waals surface area contributed by atoms with Crippen molar-refractivity contribution in [3.05, 3.63) is 60.3 Å². The number of hydrogen-bond acceptors (Lipinski definition) is 2. The molecule has 0 N–H and O–H groups in total. The minimum Gasteiger partial charge on any atom is -0.455 e. The zero-order chi connectivity index (χ0) is 20.1. The molecule has 2 heterocycles. The van der Waals surface area contributed by atoms with Gasteiger partial charge in [-0.25, -0.2) is 0 Å². The molecule has 0 bridgehead atoms. The van der Waals surface area contributed by atoms with Gasteiger partial charge in [0.25, 0.3) is 0 Å². The number of benzene rings is 2. The molecule has 0 amide bonds. The van der Waals surface area contributed by atoms with Crippen LogP contribution in [0.4, 0.5) is 0 Å². The van der Waals surface area contributed by atoms with Crippen LogP contribution in [0.5, 0.6) is 0 Å². The van der Waals surface area contributed by atoms with E-state index in [1.54, 1.807) is 0 Å². The normalized spacial score (nSPS) is 12.8. The molecule has 0 saturated carbocycles. The lowest BCUT2D eigenvalue weighted by Gasteiger charge is -2.20. The zero-order valence-corrected chi connectivity index (χ0v) is 18.8. The Morgan fingerprint density at radius 3 is 2.43 bits per heavy atom. The molecule has 0 aliphatic rings. The molecule has 0 spiro atoms. The van der Waals surface area contributed by atoms with Crippen molar-refractivity contribution >= 4 is 35.2 Å². The summed E-state index contributed by atoms with van der Waals surface area (Å²) in [5.74, 6) is 0. The first kappa shape index (κ1) is 18.9. The Hall–Kier alpha value is -2.39. The first-order valence-corrected chi connectivity index (χ1v) is 13.5. The molecule has 0 saturated heterocycles. The highest BCUT2D eigenvalue weighted by Gasteiger charge is 2.24. The summed E-state index contributed by atoms with van der Waals surface area (Å²) in [5, 5.41) is 3.93. The van der Waals surface area contributed by atoms with E-state index in [2.05, 4.69) is 82.9 Å². The third-order valence-corrected chi connectivity index (χ3v) is 7.20. The topological polar surface area (TPSA) is 26.0 Å². The minimum atomic E-state index is -1.53. The van der Waals surface area contributed by atoms with Crippen LogP contribution in [0.15, 0.2) is 59.1 Å². The molecule has 0 atom stereocenters. The van der Waals surface area contributed by atoms with Crippen molar-refractivity contribution in [2.45, 2.75) is 46.8 Å². The van der Waals surface area contributed by atoms with Crippen LogP contribution in [0.3, 0.4) is 0 Å². The molecule has 4 rings (SSSR count). The summed E-state index contributed by atoms with van der Waals surface area (Å²) in [7, 11) is -1.53. The lowest BCUT2D eigenvalue weighted by molar-refractivity contribution is 0.411. The van der Waals surface area contributed by atoms with Gasteiger partial charge in [0.1, 0.15) is 11.2 Å². The molecule has 0 radical (unpaired) electrons. The summed E-state index contributed by atoms with van der Waals surface area (Å²) in [5.41, 5.74) is 5.57. The summed E-state index contributed by atoms with van der Waals surface area (Å²) < 4.78 is 6.40. The maximum Gasteiger partial charge on any atom is 0.144 e. The number of hydrogen-bond donors (Lipinski definition) is 0. The van der Waals surface area contributed by atoms with Gasteiger partial charge in [-0.1, -0.05) is 64.7 Å². The number of fused-ring (bicyclic) bond motifs is 3. The summed E-state index contributed by atoms with van der Waals surface area (Å²) in [6.45, 7) is 14.0. The van der Waals surface area contributed by atoms with Gasteiger partial charge >= 0.3 is 0 Å². The Balaban J connectivity index is 1.98. The van der Waals surface area contributed by atoms with Gasteiger partial charge in [-0.05, 0) is 46.9 Å². The van der Waals surface area contributed by atoms with E-state index >= 15 is 0 Å². The molecule has 2 nitrogen and oxygen atoms in total. The van der Waals surface area contributed by atoms with Crippen LogP contribution in [0.25, 0.3) is 33.2 Å². The minimum absolute atomic E-state index is 0.245. The first-order chi connectivity index (χ1) is 13.1. The maximum absolute atomic E-state index is 6.40.